The smallest absolute Gasteiger partial charge is 0.492 e. The topological polar surface area (TPSA) is 67.8 Å². The number of hydrogen-bond acceptors (Lipinski definition) is 4. The van der Waals surface area contributed by atoms with Crippen LogP contribution < -0.4 is 14.8 Å². The van der Waals surface area contributed by atoms with Crippen LogP contribution >= 0.6 is 12.4 Å². The lowest BCUT2D eigenvalue weighted by atomic mass is 10.2. The summed E-state index contributed by atoms with van der Waals surface area (Å²) in [5.74, 6) is -0.874. The van der Waals surface area contributed by atoms with Crippen molar-refractivity contribution in [3.63, 3.8) is 0 Å². The highest BCUT2D eigenvalue weighted by atomic mass is 35.5. The summed E-state index contributed by atoms with van der Waals surface area (Å²) in [6.07, 6.45) is -3.47. The fraction of sp³-hybridized carbons (Fsp3) is 0.500. The lowest BCUT2D eigenvalue weighted by Gasteiger charge is -2.14. The number of hydrogen-bond donors (Lipinski definition) is 2. The fourth-order valence-electron chi connectivity index (χ4n) is 1.74. The van der Waals surface area contributed by atoms with E-state index in [0.29, 0.717) is 18.7 Å². The number of carboxylic acids is 1. The molecule has 2 N–H and O–H groups in total. The summed E-state index contributed by atoms with van der Waals surface area (Å²) in [6, 6.07) is 4.36. The summed E-state index contributed by atoms with van der Waals surface area (Å²) < 4.78 is 45.0. The van der Waals surface area contributed by atoms with Crippen molar-refractivity contribution in [2.24, 2.45) is 0 Å². The lowest BCUT2D eigenvalue weighted by Crippen LogP contribution is -2.38. The summed E-state index contributed by atoms with van der Waals surface area (Å²) >= 11 is 0. The van der Waals surface area contributed by atoms with E-state index < -0.39 is 18.4 Å². The highest BCUT2D eigenvalue weighted by Gasteiger charge is 2.30. The molecule has 9 heteroatoms. The monoisotopic (exact) mass is 357 g/mol. The SMILES string of the molecule is CCCC(NCCOc1ccc(OC(F)(F)F)cc1)C(=O)O.Cl. The minimum absolute atomic E-state index is 0. The van der Waals surface area contributed by atoms with Gasteiger partial charge in [0.25, 0.3) is 0 Å². The first kappa shape index (κ1) is 21.3. The highest BCUT2D eigenvalue weighted by Crippen LogP contribution is 2.24. The Labute approximate surface area is 138 Å². The van der Waals surface area contributed by atoms with Gasteiger partial charge in [-0.25, -0.2) is 0 Å². The zero-order valence-electron chi connectivity index (χ0n) is 12.4. The van der Waals surface area contributed by atoms with Crippen molar-refractivity contribution in [2.75, 3.05) is 13.2 Å². The third-order valence-corrected chi connectivity index (χ3v) is 2.69. The molecule has 1 aromatic carbocycles. The Hall–Kier alpha value is -1.67. The lowest BCUT2D eigenvalue weighted by molar-refractivity contribution is -0.274. The van der Waals surface area contributed by atoms with Crippen LogP contribution in [0.25, 0.3) is 0 Å². The molecular formula is C14H19ClF3NO4. The van der Waals surface area contributed by atoms with E-state index in [1.165, 1.54) is 12.1 Å². The zero-order chi connectivity index (χ0) is 16.6. The van der Waals surface area contributed by atoms with Gasteiger partial charge in [0.05, 0.1) is 0 Å². The van der Waals surface area contributed by atoms with Crippen molar-refractivity contribution < 1.29 is 32.5 Å². The summed E-state index contributed by atoms with van der Waals surface area (Å²) in [6.45, 7) is 2.41. The highest BCUT2D eigenvalue weighted by molar-refractivity contribution is 5.85. The summed E-state index contributed by atoms with van der Waals surface area (Å²) in [5.41, 5.74) is 0. The number of carbonyl (C=O) groups is 1. The predicted molar refractivity (Wildman–Crippen MR) is 80.2 cm³/mol. The van der Waals surface area contributed by atoms with E-state index in [-0.39, 0.29) is 24.8 Å². The van der Waals surface area contributed by atoms with E-state index in [1.807, 2.05) is 6.92 Å². The number of nitrogens with one attached hydrogen (secondary N) is 1. The van der Waals surface area contributed by atoms with Crippen LogP contribution in [-0.2, 0) is 4.79 Å². The maximum absolute atomic E-state index is 12.0. The summed E-state index contributed by atoms with van der Waals surface area (Å²) in [4.78, 5) is 10.9. The van der Waals surface area contributed by atoms with Gasteiger partial charge in [0, 0.05) is 6.54 Å². The van der Waals surface area contributed by atoms with Crippen LogP contribution in [0.15, 0.2) is 24.3 Å². The molecule has 0 spiro atoms. The minimum atomic E-state index is -4.72. The van der Waals surface area contributed by atoms with Gasteiger partial charge in [-0.2, -0.15) is 0 Å². The van der Waals surface area contributed by atoms with Gasteiger partial charge in [-0.1, -0.05) is 13.3 Å². The van der Waals surface area contributed by atoms with Gasteiger partial charge < -0.3 is 19.9 Å². The van der Waals surface area contributed by atoms with Gasteiger partial charge in [0.2, 0.25) is 0 Å². The molecule has 0 saturated heterocycles. The molecule has 0 aliphatic carbocycles. The molecule has 1 rings (SSSR count). The average Bonchev–Trinajstić information content (AvgIpc) is 2.42. The maximum atomic E-state index is 12.0. The van der Waals surface area contributed by atoms with Crippen molar-refractivity contribution in [3.05, 3.63) is 24.3 Å². The van der Waals surface area contributed by atoms with Crippen LogP contribution in [-0.4, -0.2) is 36.6 Å². The Bertz CT molecular complexity index is 468. The summed E-state index contributed by atoms with van der Waals surface area (Å²) in [5, 5.41) is 11.8. The third-order valence-electron chi connectivity index (χ3n) is 2.69. The van der Waals surface area contributed by atoms with Crippen molar-refractivity contribution in [2.45, 2.75) is 32.2 Å². The van der Waals surface area contributed by atoms with Crippen LogP contribution in [0.1, 0.15) is 19.8 Å². The van der Waals surface area contributed by atoms with Crippen LogP contribution in [0.5, 0.6) is 11.5 Å². The first-order chi connectivity index (χ1) is 10.3. The zero-order valence-corrected chi connectivity index (χ0v) is 13.2. The van der Waals surface area contributed by atoms with E-state index in [2.05, 4.69) is 10.1 Å². The Morgan fingerprint density at radius 3 is 2.30 bits per heavy atom. The molecule has 0 radical (unpaired) electrons. The van der Waals surface area contributed by atoms with E-state index in [4.69, 9.17) is 9.84 Å². The minimum Gasteiger partial charge on any atom is -0.492 e. The largest absolute Gasteiger partial charge is 0.573 e. The molecule has 132 valence electrons. The number of benzene rings is 1. The van der Waals surface area contributed by atoms with E-state index >= 15 is 0 Å². The molecule has 0 saturated carbocycles. The molecule has 0 aliphatic heterocycles. The normalized spacial score (nSPS) is 12.2. The van der Waals surface area contributed by atoms with Gasteiger partial charge in [0.1, 0.15) is 24.1 Å². The number of carboxylic acid groups (broad SMARTS) is 1. The second kappa shape index (κ2) is 10.2. The van der Waals surface area contributed by atoms with Crippen LogP contribution in [0, 0.1) is 0 Å². The van der Waals surface area contributed by atoms with Gasteiger partial charge in [0.15, 0.2) is 0 Å². The molecule has 0 amide bonds. The first-order valence-electron chi connectivity index (χ1n) is 6.76. The second-order valence-corrected chi connectivity index (χ2v) is 4.50. The van der Waals surface area contributed by atoms with Crippen LogP contribution in [0.2, 0.25) is 0 Å². The Morgan fingerprint density at radius 1 is 1.26 bits per heavy atom. The standard InChI is InChI=1S/C14H18F3NO4.ClH/c1-2-3-12(13(19)20)18-8-9-21-10-4-6-11(7-5-10)22-14(15,16)17;/h4-7,12,18H,2-3,8-9H2,1H3,(H,19,20);1H. The molecule has 1 aromatic rings. The molecule has 23 heavy (non-hydrogen) atoms. The van der Waals surface area contributed by atoms with Crippen molar-refractivity contribution >= 4 is 18.4 Å². The molecule has 0 fully saturated rings. The predicted octanol–water partition coefficient (Wildman–Crippen LogP) is 3.23. The Kier molecular flexibility index (Phi) is 9.43. The van der Waals surface area contributed by atoms with Crippen molar-refractivity contribution in [3.8, 4) is 11.5 Å². The molecule has 0 heterocycles. The third kappa shape index (κ3) is 9.14. The molecule has 5 nitrogen and oxygen atoms in total. The number of rotatable bonds is 9. The average molecular weight is 358 g/mol. The number of aliphatic carboxylic acids is 1. The molecule has 0 aliphatic rings. The molecule has 1 atom stereocenters. The quantitative estimate of drug-likeness (QED) is 0.664. The molecule has 1 unspecified atom stereocenters. The van der Waals surface area contributed by atoms with E-state index in [0.717, 1.165) is 18.6 Å². The van der Waals surface area contributed by atoms with Crippen molar-refractivity contribution in [1.82, 2.24) is 5.32 Å². The Balaban J connectivity index is 0.00000484. The second-order valence-electron chi connectivity index (χ2n) is 4.50. The number of ether oxygens (including phenoxy) is 2. The van der Waals surface area contributed by atoms with E-state index in [9.17, 15) is 18.0 Å². The van der Waals surface area contributed by atoms with Gasteiger partial charge in [-0.3, -0.25) is 4.79 Å². The Morgan fingerprint density at radius 2 is 1.83 bits per heavy atom. The fourth-order valence-corrected chi connectivity index (χ4v) is 1.74. The van der Waals surface area contributed by atoms with Crippen molar-refractivity contribution in [1.29, 1.82) is 0 Å². The van der Waals surface area contributed by atoms with Crippen LogP contribution in [0.3, 0.4) is 0 Å². The maximum Gasteiger partial charge on any atom is 0.573 e. The number of halogens is 4. The van der Waals surface area contributed by atoms with E-state index in [1.54, 1.807) is 0 Å². The van der Waals surface area contributed by atoms with Gasteiger partial charge in [-0.05, 0) is 30.7 Å². The summed E-state index contributed by atoms with van der Waals surface area (Å²) in [7, 11) is 0. The molecule has 0 bridgehead atoms. The van der Waals surface area contributed by atoms with Gasteiger partial charge in [-0.15, -0.1) is 25.6 Å². The van der Waals surface area contributed by atoms with Crippen LogP contribution in [0.4, 0.5) is 13.2 Å². The molecule has 0 aromatic heterocycles. The number of alkyl halides is 3. The molecular weight excluding hydrogens is 339 g/mol. The van der Waals surface area contributed by atoms with Gasteiger partial charge >= 0.3 is 12.3 Å². The first-order valence-corrected chi connectivity index (χ1v) is 6.76.